The summed E-state index contributed by atoms with van der Waals surface area (Å²) in [6, 6.07) is 18.7. The van der Waals surface area contributed by atoms with Gasteiger partial charge in [0.05, 0.1) is 17.8 Å². The van der Waals surface area contributed by atoms with E-state index in [4.69, 9.17) is 11.6 Å². The zero-order valence-corrected chi connectivity index (χ0v) is 18.0. The lowest BCUT2D eigenvalue weighted by atomic mass is 10.2. The number of carbonyl (C=O) groups excluding carboxylic acids is 1. The van der Waals surface area contributed by atoms with Crippen LogP contribution >= 0.6 is 11.6 Å². The third-order valence-electron chi connectivity index (χ3n) is 4.76. The van der Waals surface area contributed by atoms with Crippen LogP contribution < -0.4 is 5.32 Å². The molecule has 0 unspecified atom stereocenters. The highest BCUT2D eigenvalue weighted by Gasteiger charge is 2.12. The Morgan fingerprint density at radius 3 is 2.70 bits per heavy atom. The summed E-state index contributed by atoms with van der Waals surface area (Å²) in [4.78, 5) is 14.1. The largest absolute Gasteiger partial charge is 0.321 e. The highest BCUT2D eigenvalue weighted by atomic mass is 35.5. The minimum absolute atomic E-state index is 0.231. The first-order valence-corrected chi connectivity index (χ1v) is 10.5. The molecule has 0 aliphatic rings. The predicted octanol–water partition coefficient (Wildman–Crippen LogP) is 3.19. The second-order valence-electron chi connectivity index (χ2n) is 7.24. The molecular formula is C22H18ClN9O. The number of hydrogen-bond donors (Lipinski definition) is 1. The summed E-state index contributed by atoms with van der Waals surface area (Å²) in [5.74, 6) is 0.211. The number of halogens is 1. The van der Waals surface area contributed by atoms with Crippen LogP contribution in [0.4, 0.5) is 5.69 Å². The van der Waals surface area contributed by atoms with E-state index in [0.29, 0.717) is 23.1 Å². The molecule has 0 saturated heterocycles. The van der Waals surface area contributed by atoms with E-state index in [1.165, 1.54) is 4.80 Å². The van der Waals surface area contributed by atoms with Crippen molar-refractivity contribution in [2.75, 3.05) is 5.32 Å². The van der Waals surface area contributed by atoms with Crippen LogP contribution in [-0.4, -0.2) is 45.7 Å². The number of anilines is 1. The quantitative estimate of drug-likeness (QED) is 0.400. The number of rotatable bonds is 7. The standard InChI is InChI=1S/C22H18ClN9O/c23-18-12-24-31(14-18)13-16-5-4-8-19(11-16)25-22(33)20-9-10-30(27-20)15-32-28-21(26-29-32)17-6-2-1-3-7-17/h1-12,14H,13,15H2,(H,25,33). The first-order chi connectivity index (χ1) is 16.1. The molecule has 1 amide bonds. The Kier molecular flexibility index (Phi) is 5.64. The highest BCUT2D eigenvalue weighted by molar-refractivity contribution is 6.30. The molecule has 2 aromatic carbocycles. The van der Waals surface area contributed by atoms with Crippen LogP contribution in [0.2, 0.25) is 5.02 Å². The molecule has 3 heterocycles. The number of benzene rings is 2. The number of amides is 1. The zero-order chi connectivity index (χ0) is 22.6. The summed E-state index contributed by atoms with van der Waals surface area (Å²) in [7, 11) is 0. The van der Waals surface area contributed by atoms with Crippen LogP contribution in [0.1, 0.15) is 16.1 Å². The average molecular weight is 460 g/mol. The second kappa shape index (κ2) is 9.05. The van der Waals surface area contributed by atoms with Gasteiger partial charge in [-0.15, -0.1) is 15.0 Å². The third-order valence-corrected chi connectivity index (χ3v) is 4.96. The number of aromatic nitrogens is 8. The predicted molar refractivity (Wildman–Crippen MR) is 122 cm³/mol. The molecule has 5 aromatic rings. The zero-order valence-electron chi connectivity index (χ0n) is 17.3. The van der Waals surface area contributed by atoms with E-state index in [1.54, 1.807) is 34.0 Å². The smallest absolute Gasteiger partial charge is 0.276 e. The fourth-order valence-corrected chi connectivity index (χ4v) is 3.41. The molecule has 3 aromatic heterocycles. The maximum absolute atomic E-state index is 12.7. The molecule has 0 atom stereocenters. The molecule has 0 fully saturated rings. The van der Waals surface area contributed by atoms with Gasteiger partial charge >= 0.3 is 0 Å². The van der Waals surface area contributed by atoms with E-state index in [0.717, 1.165) is 11.1 Å². The van der Waals surface area contributed by atoms with E-state index in [1.807, 2.05) is 54.6 Å². The molecule has 0 saturated carbocycles. The van der Waals surface area contributed by atoms with Crippen molar-refractivity contribution in [3.05, 3.63) is 95.5 Å². The van der Waals surface area contributed by atoms with E-state index in [2.05, 4.69) is 30.9 Å². The molecule has 33 heavy (non-hydrogen) atoms. The van der Waals surface area contributed by atoms with Crippen molar-refractivity contribution in [1.82, 2.24) is 39.8 Å². The van der Waals surface area contributed by atoms with Crippen LogP contribution in [0.3, 0.4) is 0 Å². The summed E-state index contributed by atoms with van der Waals surface area (Å²) < 4.78 is 3.30. The van der Waals surface area contributed by atoms with Gasteiger partial charge in [0.1, 0.15) is 0 Å². The van der Waals surface area contributed by atoms with Crippen LogP contribution in [0.15, 0.2) is 79.3 Å². The summed E-state index contributed by atoms with van der Waals surface area (Å²) in [6.45, 7) is 0.774. The van der Waals surface area contributed by atoms with Gasteiger partial charge in [0.2, 0.25) is 5.82 Å². The minimum atomic E-state index is -0.315. The Hall–Kier alpha value is -4.31. The summed E-state index contributed by atoms with van der Waals surface area (Å²) in [5.41, 5.74) is 2.80. The number of nitrogens with zero attached hydrogens (tertiary/aromatic N) is 8. The molecule has 11 heteroatoms. The fourth-order valence-electron chi connectivity index (χ4n) is 3.25. The Labute approximate surface area is 193 Å². The molecule has 1 N–H and O–H groups in total. The van der Waals surface area contributed by atoms with E-state index in [-0.39, 0.29) is 18.3 Å². The normalized spacial score (nSPS) is 10.9. The second-order valence-corrected chi connectivity index (χ2v) is 7.68. The first kappa shape index (κ1) is 20.6. The summed E-state index contributed by atoms with van der Waals surface area (Å²) in [6.07, 6.45) is 5.02. The van der Waals surface area contributed by atoms with Gasteiger partial charge in [-0.3, -0.25) is 9.48 Å². The van der Waals surface area contributed by atoms with Crippen LogP contribution in [0.5, 0.6) is 0 Å². The van der Waals surface area contributed by atoms with Gasteiger partial charge < -0.3 is 5.32 Å². The molecule has 164 valence electrons. The van der Waals surface area contributed by atoms with Gasteiger partial charge in [-0.1, -0.05) is 54.1 Å². The Bertz CT molecular complexity index is 1390. The van der Waals surface area contributed by atoms with Crippen molar-refractivity contribution >= 4 is 23.2 Å². The maximum atomic E-state index is 12.7. The van der Waals surface area contributed by atoms with Crippen molar-refractivity contribution in [3.63, 3.8) is 0 Å². The van der Waals surface area contributed by atoms with Gasteiger partial charge in [-0.05, 0) is 29.0 Å². The van der Waals surface area contributed by atoms with E-state index < -0.39 is 0 Å². The lowest BCUT2D eigenvalue weighted by molar-refractivity contribution is 0.102. The molecule has 0 radical (unpaired) electrons. The van der Waals surface area contributed by atoms with Gasteiger partial charge in [0.15, 0.2) is 12.4 Å². The van der Waals surface area contributed by atoms with Gasteiger partial charge in [0.25, 0.3) is 5.91 Å². The Balaban J connectivity index is 1.23. The van der Waals surface area contributed by atoms with Crippen molar-refractivity contribution < 1.29 is 4.79 Å². The number of nitrogens with one attached hydrogen (secondary N) is 1. The molecule has 0 spiro atoms. The summed E-state index contributed by atoms with van der Waals surface area (Å²) in [5, 5.41) is 24.4. The molecule has 0 bridgehead atoms. The molecular weight excluding hydrogens is 442 g/mol. The van der Waals surface area contributed by atoms with Crippen molar-refractivity contribution in [1.29, 1.82) is 0 Å². The van der Waals surface area contributed by atoms with E-state index in [9.17, 15) is 4.79 Å². The lowest BCUT2D eigenvalue weighted by Crippen LogP contribution is -2.16. The Morgan fingerprint density at radius 1 is 1.00 bits per heavy atom. The summed E-state index contributed by atoms with van der Waals surface area (Å²) >= 11 is 5.91. The van der Waals surface area contributed by atoms with Crippen molar-refractivity contribution in [2.24, 2.45) is 0 Å². The third kappa shape index (κ3) is 4.96. The van der Waals surface area contributed by atoms with Gasteiger partial charge in [-0.25, -0.2) is 4.68 Å². The van der Waals surface area contributed by atoms with Crippen molar-refractivity contribution in [3.8, 4) is 11.4 Å². The van der Waals surface area contributed by atoms with Crippen LogP contribution in [0.25, 0.3) is 11.4 Å². The minimum Gasteiger partial charge on any atom is -0.321 e. The number of carbonyl (C=O) groups is 1. The monoisotopic (exact) mass is 459 g/mol. The SMILES string of the molecule is O=C(Nc1cccc(Cn2cc(Cl)cn2)c1)c1ccn(Cn2nnc(-c3ccccc3)n2)n1. The Morgan fingerprint density at radius 2 is 1.88 bits per heavy atom. The fraction of sp³-hybridized carbons (Fsp3) is 0.0909. The molecule has 0 aliphatic heterocycles. The first-order valence-electron chi connectivity index (χ1n) is 10.1. The molecule has 5 rings (SSSR count). The topological polar surface area (TPSA) is 108 Å². The molecule has 10 nitrogen and oxygen atoms in total. The highest BCUT2D eigenvalue weighted by Crippen LogP contribution is 2.15. The van der Waals surface area contributed by atoms with Crippen LogP contribution in [-0.2, 0) is 13.2 Å². The van der Waals surface area contributed by atoms with Gasteiger partial charge in [-0.2, -0.15) is 10.2 Å². The lowest BCUT2D eigenvalue weighted by Gasteiger charge is -2.07. The van der Waals surface area contributed by atoms with E-state index >= 15 is 0 Å². The average Bonchev–Trinajstić information content (AvgIpc) is 3.57. The van der Waals surface area contributed by atoms with Crippen molar-refractivity contribution in [2.45, 2.75) is 13.2 Å². The maximum Gasteiger partial charge on any atom is 0.276 e. The molecule has 0 aliphatic carbocycles. The van der Waals surface area contributed by atoms with Gasteiger partial charge in [0, 0.05) is 23.6 Å². The number of tetrazole rings is 1. The van der Waals surface area contributed by atoms with Crippen LogP contribution in [0, 0.1) is 0 Å². The number of hydrogen-bond acceptors (Lipinski definition) is 6.